The SMILES string of the molecule is CC(=O)N[C@]1([C@@H](O)c2c[nH]c3ncccc23)C(=O)N(C)c2ccccc21. The van der Waals surface area contributed by atoms with Crippen LogP contribution in [-0.2, 0) is 15.1 Å². The molecule has 1 aliphatic rings. The third-order valence-electron chi connectivity index (χ3n) is 4.89. The molecule has 0 spiro atoms. The summed E-state index contributed by atoms with van der Waals surface area (Å²) < 4.78 is 0. The summed E-state index contributed by atoms with van der Waals surface area (Å²) in [5.74, 6) is -0.792. The van der Waals surface area contributed by atoms with Crippen molar-refractivity contribution in [2.75, 3.05) is 11.9 Å². The smallest absolute Gasteiger partial charge is 0.260 e. The van der Waals surface area contributed by atoms with Crippen LogP contribution in [0.25, 0.3) is 11.0 Å². The number of hydrogen-bond donors (Lipinski definition) is 3. The molecule has 1 aromatic carbocycles. The summed E-state index contributed by atoms with van der Waals surface area (Å²) in [4.78, 5) is 33.9. The van der Waals surface area contributed by atoms with Crippen molar-refractivity contribution in [2.24, 2.45) is 0 Å². The molecule has 2 amide bonds. The quantitative estimate of drug-likeness (QED) is 0.668. The number of carbonyl (C=O) groups excluding carboxylic acids is 2. The lowest BCUT2D eigenvalue weighted by molar-refractivity contribution is -0.135. The van der Waals surface area contributed by atoms with E-state index in [0.29, 0.717) is 27.8 Å². The molecule has 0 unspecified atom stereocenters. The number of amides is 2. The minimum atomic E-state index is -1.60. The van der Waals surface area contributed by atoms with Crippen molar-refractivity contribution in [1.82, 2.24) is 15.3 Å². The fourth-order valence-electron chi connectivity index (χ4n) is 3.76. The van der Waals surface area contributed by atoms with Crippen LogP contribution in [0.4, 0.5) is 5.69 Å². The Hall–Kier alpha value is -3.19. The number of aromatic amines is 1. The summed E-state index contributed by atoms with van der Waals surface area (Å²) in [6.07, 6.45) is 1.98. The minimum Gasteiger partial charge on any atom is -0.385 e. The number of anilines is 1. The van der Waals surface area contributed by atoms with Gasteiger partial charge in [0.05, 0.1) is 0 Å². The molecule has 0 fully saturated rings. The van der Waals surface area contributed by atoms with Gasteiger partial charge >= 0.3 is 0 Å². The Labute approximate surface area is 149 Å². The summed E-state index contributed by atoms with van der Waals surface area (Å²) >= 11 is 0. The van der Waals surface area contributed by atoms with Gasteiger partial charge in [-0.2, -0.15) is 0 Å². The number of aliphatic hydroxyl groups excluding tert-OH is 1. The molecule has 0 saturated carbocycles. The lowest BCUT2D eigenvalue weighted by Gasteiger charge is -2.33. The van der Waals surface area contributed by atoms with Crippen LogP contribution in [0.2, 0.25) is 0 Å². The van der Waals surface area contributed by atoms with Gasteiger partial charge in [-0.15, -0.1) is 0 Å². The number of aromatic nitrogens is 2. The second kappa shape index (κ2) is 5.67. The van der Waals surface area contributed by atoms with E-state index < -0.39 is 17.6 Å². The molecule has 0 bridgehead atoms. The van der Waals surface area contributed by atoms with Gasteiger partial charge in [0.1, 0.15) is 11.8 Å². The molecule has 2 aromatic heterocycles. The molecule has 3 heterocycles. The van der Waals surface area contributed by atoms with Gasteiger partial charge in [0.25, 0.3) is 5.91 Å². The first-order valence-electron chi connectivity index (χ1n) is 8.23. The van der Waals surface area contributed by atoms with Gasteiger partial charge in [-0.1, -0.05) is 18.2 Å². The Morgan fingerprint density at radius 1 is 1.31 bits per heavy atom. The minimum absolute atomic E-state index is 0.389. The Kier molecular flexibility index (Phi) is 3.55. The van der Waals surface area contributed by atoms with Crippen LogP contribution >= 0.6 is 0 Å². The number of carbonyl (C=O) groups is 2. The highest BCUT2D eigenvalue weighted by Crippen LogP contribution is 2.47. The highest BCUT2D eigenvalue weighted by atomic mass is 16.3. The van der Waals surface area contributed by atoms with E-state index in [9.17, 15) is 14.7 Å². The molecule has 3 N–H and O–H groups in total. The Bertz CT molecular complexity index is 1030. The first kappa shape index (κ1) is 16.3. The number of H-pyrrole nitrogens is 1. The van der Waals surface area contributed by atoms with Gasteiger partial charge in [-0.3, -0.25) is 9.59 Å². The molecule has 26 heavy (non-hydrogen) atoms. The van der Waals surface area contributed by atoms with Crippen molar-refractivity contribution in [3.8, 4) is 0 Å². The third-order valence-corrected chi connectivity index (χ3v) is 4.89. The maximum Gasteiger partial charge on any atom is 0.260 e. The van der Waals surface area contributed by atoms with E-state index in [1.54, 1.807) is 43.7 Å². The number of likely N-dealkylation sites (N-methyl/N-ethyl adjacent to an activating group) is 1. The maximum atomic E-state index is 13.2. The van der Waals surface area contributed by atoms with Crippen molar-refractivity contribution in [2.45, 2.75) is 18.6 Å². The average molecular weight is 350 g/mol. The molecule has 0 radical (unpaired) electrons. The number of hydrogen-bond acceptors (Lipinski definition) is 4. The maximum absolute atomic E-state index is 13.2. The number of nitrogens with one attached hydrogen (secondary N) is 2. The number of fused-ring (bicyclic) bond motifs is 2. The zero-order valence-electron chi connectivity index (χ0n) is 14.4. The van der Waals surface area contributed by atoms with E-state index in [-0.39, 0.29) is 5.91 Å². The second-order valence-electron chi connectivity index (χ2n) is 6.42. The van der Waals surface area contributed by atoms with E-state index in [4.69, 9.17) is 0 Å². The van der Waals surface area contributed by atoms with Gasteiger partial charge in [0, 0.05) is 48.6 Å². The van der Waals surface area contributed by atoms with E-state index >= 15 is 0 Å². The van der Waals surface area contributed by atoms with Crippen LogP contribution < -0.4 is 10.2 Å². The van der Waals surface area contributed by atoms with Crippen LogP contribution in [0.3, 0.4) is 0 Å². The highest BCUT2D eigenvalue weighted by molar-refractivity contribution is 6.09. The fourth-order valence-corrected chi connectivity index (χ4v) is 3.76. The van der Waals surface area contributed by atoms with Gasteiger partial charge in [0.2, 0.25) is 5.91 Å². The summed E-state index contributed by atoms with van der Waals surface area (Å²) in [5, 5.41) is 14.8. The fraction of sp³-hybridized carbons (Fsp3) is 0.211. The van der Waals surface area contributed by atoms with Gasteiger partial charge in [0.15, 0.2) is 5.54 Å². The lowest BCUT2D eigenvalue weighted by atomic mass is 9.82. The number of rotatable bonds is 3. The molecule has 7 heteroatoms. The normalized spacial score (nSPS) is 20.3. The molecule has 7 nitrogen and oxygen atoms in total. The van der Waals surface area contributed by atoms with Gasteiger partial charge in [-0.05, 0) is 18.2 Å². The van der Waals surface area contributed by atoms with E-state index in [1.165, 1.54) is 11.8 Å². The average Bonchev–Trinajstić information content (AvgIpc) is 3.16. The third kappa shape index (κ3) is 2.07. The Balaban J connectivity index is 1.96. The number of nitrogens with zero attached hydrogens (tertiary/aromatic N) is 2. The van der Waals surface area contributed by atoms with E-state index in [1.807, 2.05) is 12.1 Å². The van der Waals surface area contributed by atoms with E-state index in [2.05, 4.69) is 15.3 Å². The summed E-state index contributed by atoms with van der Waals surface area (Å²) in [7, 11) is 1.63. The van der Waals surface area contributed by atoms with Crippen molar-refractivity contribution >= 4 is 28.5 Å². The number of benzene rings is 1. The van der Waals surface area contributed by atoms with Gasteiger partial charge in [-0.25, -0.2) is 4.98 Å². The molecule has 132 valence electrons. The van der Waals surface area contributed by atoms with Crippen LogP contribution in [-0.4, -0.2) is 33.9 Å². The molecular formula is C19H18N4O3. The molecule has 3 aromatic rings. The lowest BCUT2D eigenvalue weighted by Crippen LogP contribution is -2.55. The molecule has 2 atom stereocenters. The first-order chi connectivity index (χ1) is 12.5. The van der Waals surface area contributed by atoms with Crippen molar-refractivity contribution in [1.29, 1.82) is 0 Å². The van der Waals surface area contributed by atoms with Crippen LogP contribution in [0, 0.1) is 0 Å². The first-order valence-corrected chi connectivity index (χ1v) is 8.23. The second-order valence-corrected chi connectivity index (χ2v) is 6.42. The highest BCUT2D eigenvalue weighted by Gasteiger charge is 2.56. The predicted molar refractivity (Wildman–Crippen MR) is 96.4 cm³/mol. The van der Waals surface area contributed by atoms with Gasteiger partial charge < -0.3 is 20.3 Å². The van der Waals surface area contributed by atoms with Crippen LogP contribution in [0.5, 0.6) is 0 Å². The van der Waals surface area contributed by atoms with Crippen molar-refractivity contribution in [3.05, 3.63) is 59.9 Å². The number of para-hydroxylation sites is 1. The largest absolute Gasteiger partial charge is 0.385 e. The Morgan fingerprint density at radius 2 is 2.08 bits per heavy atom. The zero-order valence-corrected chi connectivity index (χ0v) is 14.4. The standard InChI is InChI=1S/C19H18N4O3/c1-11(24)22-19(14-7-3-4-8-15(14)23(2)18(19)26)16(25)13-10-21-17-12(13)6-5-9-20-17/h3-10,16,25H,1-2H3,(H,20,21)(H,22,24)/t16-,19+/m0/s1. The predicted octanol–water partition coefficient (Wildman–Crippen LogP) is 1.60. The van der Waals surface area contributed by atoms with Crippen LogP contribution in [0.1, 0.15) is 24.2 Å². The monoisotopic (exact) mass is 350 g/mol. The topological polar surface area (TPSA) is 98.3 Å². The summed E-state index contributed by atoms with van der Waals surface area (Å²) in [6.45, 7) is 1.33. The van der Waals surface area contributed by atoms with Crippen LogP contribution in [0.15, 0.2) is 48.8 Å². The zero-order chi connectivity index (χ0) is 18.5. The molecule has 4 rings (SSSR count). The summed E-state index contributed by atoms with van der Waals surface area (Å²) in [6, 6.07) is 10.7. The number of aliphatic hydroxyl groups is 1. The molecule has 1 aliphatic heterocycles. The molecular weight excluding hydrogens is 332 g/mol. The van der Waals surface area contributed by atoms with Crippen molar-refractivity contribution in [3.63, 3.8) is 0 Å². The summed E-state index contributed by atoms with van der Waals surface area (Å²) in [5.41, 5.74) is 0.728. The number of pyridine rings is 1. The Morgan fingerprint density at radius 3 is 2.85 bits per heavy atom. The molecule has 0 saturated heterocycles. The molecule has 0 aliphatic carbocycles. The van der Waals surface area contributed by atoms with Crippen molar-refractivity contribution < 1.29 is 14.7 Å². The van der Waals surface area contributed by atoms with E-state index in [0.717, 1.165) is 0 Å².